The summed E-state index contributed by atoms with van der Waals surface area (Å²) in [5.41, 5.74) is 9.52. The van der Waals surface area contributed by atoms with E-state index in [1.807, 2.05) is 48.9 Å². The number of benzene rings is 1. The van der Waals surface area contributed by atoms with Crippen molar-refractivity contribution in [1.82, 2.24) is 14.8 Å². The molecule has 0 spiro atoms. The molecule has 0 saturated heterocycles. The monoisotopic (exact) mass is 363 g/mol. The molecule has 1 amide bonds. The van der Waals surface area contributed by atoms with Gasteiger partial charge in [0, 0.05) is 17.2 Å². The fourth-order valence-electron chi connectivity index (χ4n) is 2.79. The van der Waals surface area contributed by atoms with Crippen LogP contribution in [0.25, 0.3) is 5.69 Å². The molecule has 2 heterocycles. The van der Waals surface area contributed by atoms with Crippen LogP contribution in [0.5, 0.6) is 0 Å². The Morgan fingerprint density at radius 1 is 1.11 bits per heavy atom. The van der Waals surface area contributed by atoms with Crippen molar-refractivity contribution >= 4 is 17.5 Å². The van der Waals surface area contributed by atoms with Gasteiger partial charge in [0.05, 0.1) is 16.9 Å². The summed E-state index contributed by atoms with van der Waals surface area (Å²) in [6.07, 6.45) is 0. The number of carbonyl (C=O) groups excluding carboxylic acids is 1. The summed E-state index contributed by atoms with van der Waals surface area (Å²) in [7, 11) is 0. The molecular formula is C21H25N5O. The van der Waals surface area contributed by atoms with Crippen molar-refractivity contribution in [1.29, 1.82) is 0 Å². The number of aryl methyl sites for hydroxylation is 2. The third-order valence-electron chi connectivity index (χ3n) is 4.37. The maximum atomic E-state index is 11.8. The quantitative estimate of drug-likeness (QED) is 0.733. The number of hydrogen-bond acceptors (Lipinski definition) is 4. The predicted molar refractivity (Wildman–Crippen MR) is 108 cm³/mol. The fourth-order valence-corrected chi connectivity index (χ4v) is 2.79. The summed E-state index contributed by atoms with van der Waals surface area (Å²) < 4.78 is 1.85. The summed E-state index contributed by atoms with van der Waals surface area (Å²) in [5, 5.41) is 8.09. The van der Waals surface area contributed by atoms with Gasteiger partial charge in [-0.2, -0.15) is 5.10 Å². The Morgan fingerprint density at radius 3 is 2.44 bits per heavy atom. The highest BCUT2D eigenvalue weighted by atomic mass is 16.1. The number of para-hydroxylation sites is 1. The second kappa shape index (κ2) is 6.87. The van der Waals surface area contributed by atoms with Crippen LogP contribution in [0.2, 0.25) is 0 Å². The van der Waals surface area contributed by atoms with E-state index in [-0.39, 0.29) is 5.41 Å². The van der Waals surface area contributed by atoms with E-state index in [0.29, 0.717) is 11.4 Å². The molecule has 6 nitrogen and oxygen atoms in total. The Kier molecular flexibility index (Phi) is 4.74. The minimum Gasteiger partial charge on any atom is -0.365 e. The third kappa shape index (κ3) is 3.84. The second-order valence-electron chi connectivity index (χ2n) is 7.70. The van der Waals surface area contributed by atoms with Crippen molar-refractivity contribution in [2.24, 2.45) is 5.73 Å². The molecule has 140 valence electrons. The molecule has 0 unspecified atom stereocenters. The molecule has 1 aromatic carbocycles. The highest BCUT2D eigenvalue weighted by Gasteiger charge is 2.22. The molecule has 27 heavy (non-hydrogen) atoms. The van der Waals surface area contributed by atoms with Crippen molar-refractivity contribution in [3.05, 3.63) is 65.0 Å². The molecule has 3 rings (SSSR count). The smallest absolute Gasteiger partial charge is 0.252 e. The third-order valence-corrected chi connectivity index (χ3v) is 4.37. The van der Waals surface area contributed by atoms with Gasteiger partial charge in [-0.15, -0.1) is 0 Å². The predicted octanol–water partition coefficient (Wildman–Crippen LogP) is 4.02. The Labute approximate surface area is 159 Å². The molecule has 0 aliphatic carbocycles. The number of amides is 1. The number of nitrogens with two attached hydrogens (primary N) is 1. The lowest BCUT2D eigenvalue weighted by Crippen LogP contribution is -2.15. The van der Waals surface area contributed by atoms with Gasteiger partial charge in [-0.25, -0.2) is 9.67 Å². The van der Waals surface area contributed by atoms with Gasteiger partial charge in [-0.3, -0.25) is 4.79 Å². The fraction of sp³-hybridized carbons (Fsp3) is 0.286. The normalized spacial score (nSPS) is 11.4. The Hall–Kier alpha value is -3.15. The molecule has 6 heteroatoms. The van der Waals surface area contributed by atoms with E-state index in [0.717, 1.165) is 28.5 Å². The zero-order valence-electron chi connectivity index (χ0n) is 16.4. The minimum absolute atomic E-state index is 0.128. The molecule has 0 atom stereocenters. The van der Waals surface area contributed by atoms with Crippen molar-refractivity contribution in [2.45, 2.75) is 40.0 Å². The van der Waals surface area contributed by atoms with E-state index in [1.54, 1.807) is 12.1 Å². The van der Waals surface area contributed by atoms with Crippen LogP contribution in [0.1, 0.15) is 48.1 Å². The van der Waals surface area contributed by atoms with Gasteiger partial charge in [0.25, 0.3) is 5.91 Å². The van der Waals surface area contributed by atoms with Gasteiger partial charge in [0.1, 0.15) is 11.6 Å². The summed E-state index contributed by atoms with van der Waals surface area (Å²) in [5.74, 6) is 0.635. The molecular weight excluding hydrogens is 338 g/mol. The van der Waals surface area contributed by atoms with E-state index in [2.05, 4.69) is 31.1 Å². The van der Waals surface area contributed by atoms with Crippen LogP contribution in [-0.4, -0.2) is 20.7 Å². The molecule has 0 aliphatic rings. The van der Waals surface area contributed by atoms with E-state index >= 15 is 0 Å². The van der Waals surface area contributed by atoms with E-state index in [9.17, 15) is 4.79 Å². The maximum Gasteiger partial charge on any atom is 0.252 e. The number of carbonyl (C=O) groups is 1. The van der Waals surface area contributed by atoms with Gasteiger partial charge in [0.15, 0.2) is 0 Å². The summed E-state index contributed by atoms with van der Waals surface area (Å²) >= 11 is 0. The number of anilines is 2. The molecule has 0 fully saturated rings. The van der Waals surface area contributed by atoms with Gasteiger partial charge >= 0.3 is 0 Å². The Balaban J connectivity index is 2.16. The second-order valence-corrected chi connectivity index (χ2v) is 7.70. The largest absolute Gasteiger partial charge is 0.365 e. The van der Waals surface area contributed by atoms with Crippen molar-refractivity contribution in [2.75, 3.05) is 5.32 Å². The number of nitrogens with zero attached hydrogens (tertiary/aromatic N) is 3. The van der Waals surface area contributed by atoms with Gasteiger partial charge in [-0.05, 0) is 37.6 Å². The minimum atomic E-state index is -0.525. The van der Waals surface area contributed by atoms with E-state index in [4.69, 9.17) is 10.8 Å². The summed E-state index contributed by atoms with van der Waals surface area (Å²) in [4.78, 5) is 16.3. The molecule has 0 radical (unpaired) electrons. The van der Waals surface area contributed by atoms with Gasteiger partial charge in [-0.1, -0.05) is 39.0 Å². The number of aromatic nitrogens is 3. The first-order valence-electron chi connectivity index (χ1n) is 8.88. The Bertz CT molecular complexity index is 998. The summed E-state index contributed by atoms with van der Waals surface area (Å²) in [6.45, 7) is 10.2. The first-order valence-corrected chi connectivity index (χ1v) is 8.88. The van der Waals surface area contributed by atoms with Crippen LogP contribution < -0.4 is 11.1 Å². The average molecular weight is 363 g/mol. The van der Waals surface area contributed by atoms with Crippen LogP contribution in [-0.2, 0) is 5.41 Å². The number of pyridine rings is 1. The van der Waals surface area contributed by atoms with E-state index in [1.165, 1.54) is 0 Å². The van der Waals surface area contributed by atoms with Gasteiger partial charge < -0.3 is 11.1 Å². The zero-order valence-corrected chi connectivity index (χ0v) is 16.4. The summed E-state index contributed by atoms with van der Waals surface area (Å²) in [6, 6.07) is 13.5. The lowest BCUT2D eigenvalue weighted by atomic mass is 9.92. The first kappa shape index (κ1) is 18.6. The zero-order chi connectivity index (χ0) is 19.8. The first-order chi connectivity index (χ1) is 12.7. The lowest BCUT2D eigenvalue weighted by Gasteiger charge is -2.14. The molecule has 0 aliphatic heterocycles. The molecule has 2 aromatic heterocycles. The average Bonchev–Trinajstić information content (AvgIpc) is 2.99. The Morgan fingerprint density at radius 2 is 1.81 bits per heavy atom. The SMILES string of the molecule is Cc1ccc(C(N)=O)c(Nc2cc(C(C)(C)C)nn2-c2ccccc2C)n1. The standard InChI is InChI=1S/C21H25N5O/c1-13-8-6-7-9-16(13)26-18(12-17(25-26)21(3,4)5)24-20-15(19(22)27)11-10-14(2)23-20/h6-12H,1-5H3,(H2,22,27)(H,23,24). The van der Waals surface area contributed by atoms with Crippen LogP contribution in [0.3, 0.4) is 0 Å². The molecule has 3 aromatic rings. The highest BCUT2D eigenvalue weighted by Crippen LogP contribution is 2.29. The van der Waals surface area contributed by atoms with Crippen LogP contribution in [0, 0.1) is 13.8 Å². The van der Waals surface area contributed by atoms with Crippen LogP contribution in [0.4, 0.5) is 11.6 Å². The lowest BCUT2D eigenvalue weighted by molar-refractivity contribution is 0.100. The number of rotatable bonds is 4. The maximum absolute atomic E-state index is 11.8. The van der Waals surface area contributed by atoms with Crippen LogP contribution in [0.15, 0.2) is 42.5 Å². The number of nitrogens with one attached hydrogen (secondary N) is 1. The number of primary amides is 1. The number of hydrogen-bond donors (Lipinski definition) is 2. The van der Waals surface area contributed by atoms with Crippen LogP contribution >= 0.6 is 0 Å². The highest BCUT2D eigenvalue weighted by molar-refractivity contribution is 5.98. The topological polar surface area (TPSA) is 85.8 Å². The van der Waals surface area contributed by atoms with Gasteiger partial charge in [0.2, 0.25) is 0 Å². The van der Waals surface area contributed by atoms with Crippen molar-refractivity contribution < 1.29 is 4.79 Å². The molecule has 0 bridgehead atoms. The molecule has 0 saturated carbocycles. The molecule has 3 N–H and O–H groups in total. The van der Waals surface area contributed by atoms with E-state index < -0.39 is 5.91 Å². The van der Waals surface area contributed by atoms with Crippen molar-refractivity contribution in [3.8, 4) is 5.69 Å². The van der Waals surface area contributed by atoms with Crippen molar-refractivity contribution in [3.63, 3.8) is 0 Å².